The Morgan fingerprint density at radius 3 is 2.53 bits per heavy atom. The van der Waals surface area contributed by atoms with Crippen LogP contribution in [0, 0.1) is 13.8 Å². The number of nitrogens with one attached hydrogen (secondary N) is 1. The third-order valence-electron chi connectivity index (χ3n) is 3.96. The van der Waals surface area contributed by atoms with Gasteiger partial charge in [-0.15, -0.1) is 0 Å². The van der Waals surface area contributed by atoms with Gasteiger partial charge in [-0.25, -0.2) is 0 Å². The van der Waals surface area contributed by atoms with Gasteiger partial charge in [0.2, 0.25) is 0 Å². The Morgan fingerprint density at radius 2 is 1.94 bits per heavy atom. The van der Waals surface area contributed by atoms with Gasteiger partial charge in [0.05, 0.1) is 5.60 Å². The highest BCUT2D eigenvalue weighted by Crippen LogP contribution is 2.28. The van der Waals surface area contributed by atoms with Gasteiger partial charge in [0.25, 0.3) is 0 Å². The number of rotatable bonds is 3. The Balaban J connectivity index is 2.17. The van der Waals surface area contributed by atoms with Gasteiger partial charge >= 0.3 is 0 Å². The van der Waals surface area contributed by atoms with Crippen molar-refractivity contribution in [3.8, 4) is 0 Å². The van der Waals surface area contributed by atoms with E-state index in [9.17, 15) is 0 Å². The largest absolute Gasteiger partial charge is 0.378 e. The number of piperidine rings is 1. The zero-order valence-corrected chi connectivity index (χ0v) is 11.2. The molecule has 0 spiro atoms. The highest BCUT2D eigenvalue weighted by molar-refractivity contribution is 5.31. The van der Waals surface area contributed by atoms with Crippen LogP contribution in [0.1, 0.15) is 29.5 Å². The van der Waals surface area contributed by atoms with Crippen molar-refractivity contribution in [2.75, 3.05) is 20.2 Å². The molecule has 1 N–H and O–H groups in total. The molecule has 0 saturated carbocycles. The van der Waals surface area contributed by atoms with E-state index in [0.29, 0.717) is 0 Å². The highest BCUT2D eigenvalue weighted by atomic mass is 16.5. The van der Waals surface area contributed by atoms with Crippen molar-refractivity contribution in [1.29, 1.82) is 0 Å². The van der Waals surface area contributed by atoms with Crippen LogP contribution in [0.15, 0.2) is 18.2 Å². The van der Waals surface area contributed by atoms with Gasteiger partial charge < -0.3 is 10.1 Å². The first-order valence-corrected chi connectivity index (χ1v) is 6.47. The topological polar surface area (TPSA) is 21.3 Å². The average molecular weight is 233 g/mol. The lowest BCUT2D eigenvalue weighted by Crippen LogP contribution is -2.45. The van der Waals surface area contributed by atoms with Gasteiger partial charge in [0.1, 0.15) is 0 Å². The van der Waals surface area contributed by atoms with Gasteiger partial charge in [0.15, 0.2) is 0 Å². The van der Waals surface area contributed by atoms with Crippen molar-refractivity contribution in [1.82, 2.24) is 5.32 Å². The van der Waals surface area contributed by atoms with Crippen LogP contribution in [0.3, 0.4) is 0 Å². The minimum Gasteiger partial charge on any atom is -0.378 e. The first-order valence-electron chi connectivity index (χ1n) is 6.47. The summed E-state index contributed by atoms with van der Waals surface area (Å²) >= 11 is 0. The molecule has 1 aliphatic rings. The molecule has 1 heterocycles. The van der Waals surface area contributed by atoms with Gasteiger partial charge in [-0.05, 0) is 50.9 Å². The summed E-state index contributed by atoms with van der Waals surface area (Å²) < 4.78 is 5.83. The molecule has 2 nitrogen and oxygen atoms in total. The number of hydrogen-bond acceptors (Lipinski definition) is 2. The molecule has 0 unspecified atom stereocenters. The van der Waals surface area contributed by atoms with Crippen molar-refractivity contribution in [3.05, 3.63) is 34.9 Å². The van der Waals surface area contributed by atoms with Crippen LogP contribution in [-0.4, -0.2) is 25.8 Å². The molecule has 0 radical (unpaired) electrons. The number of benzene rings is 1. The van der Waals surface area contributed by atoms with Crippen molar-refractivity contribution in [2.45, 2.75) is 38.7 Å². The molecule has 94 valence electrons. The molecule has 1 saturated heterocycles. The normalized spacial score (nSPS) is 19.2. The zero-order valence-electron chi connectivity index (χ0n) is 11.2. The molecule has 1 aliphatic heterocycles. The van der Waals surface area contributed by atoms with E-state index in [1.54, 1.807) is 0 Å². The lowest BCUT2D eigenvalue weighted by atomic mass is 9.84. The summed E-state index contributed by atoms with van der Waals surface area (Å²) in [5.41, 5.74) is 4.20. The van der Waals surface area contributed by atoms with E-state index in [-0.39, 0.29) is 5.60 Å². The van der Waals surface area contributed by atoms with Crippen molar-refractivity contribution >= 4 is 0 Å². The number of methoxy groups -OCH3 is 1. The van der Waals surface area contributed by atoms with Crippen LogP contribution < -0.4 is 5.32 Å². The first-order chi connectivity index (χ1) is 8.15. The maximum Gasteiger partial charge on any atom is 0.0743 e. The number of aryl methyl sites for hydroxylation is 2. The second kappa shape index (κ2) is 5.19. The van der Waals surface area contributed by atoms with Crippen LogP contribution in [0.25, 0.3) is 0 Å². The summed E-state index contributed by atoms with van der Waals surface area (Å²) in [4.78, 5) is 0. The van der Waals surface area contributed by atoms with E-state index < -0.39 is 0 Å². The SMILES string of the molecule is COC1(Cc2ccc(C)cc2C)CCNCC1. The van der Waals surface area contributed by atoms with Gasteiger partial charge in [-0.2, -0.15) is 0 Å². The Labute approximate surface area is 104 Å². The molecule has 0 aliphatic carbocycles. The summed E-state index contributed by atoms with van der Waals surface area (Å²) in [6, 6.07) is 6.72. The molecule has 1 aromatic carbocycles. The maximum atomic E-state index is 5.83. The Kier molecular flexibility index (Phi) is 3.85. The van der Waals surface area contributed by atoms with Gasteiger partial charge in [0, 0.05) is 13.5 Å². The first kappa shape index (κ1) is 12.6. The molecular weight excluding hydrogens is 210 g/mol. The van der Waals surface area contributed by atoms with E-state index in [1.807, 2.05) is 7.11 Å². The van der Waals surface area contributed by atoms with Crippen LogP contribution in [0.2, 0.25) is 0 Å². The predicted octanol–water partition coefficient (Wildman–Crippen LogP) is 2.61. The molecular formula is C15H23NO. The minimum absolute atomic E-state index is 0.0469. The predicted molar refractivity (Wildman–Crippen MR) is 71.5 cm³/mol. The summed E-state index contributed by atoms with van der Waals surface area (Å²) in [5, 5.41) is 3.40. The third-order valence-corrected chi connectivity index (χ3v) is 3.96. The van der Waals surface area contributed by atoms with E-state index in [2.05, 4.69) is 37.4 Å². The van der Waals surface area contributed by atoms with Crippen LogP contribution in [-0.2, 0) is 11.2 Å². The second-order valence-corrected chi connectivity index (χ2v) is 5.24. The minimum atomic E-state index is 0.0469. The zero-order chi connectivity index (χ0) is 12.3. The Morgan fingerprint density at radius 1 is 1.24 bits per heavy atom. The molecule has 0 atom stereocenters. The van der Waals surface area contributed by atoms with Crippen LogP contribution in [0.5, 0.6) is 0 Å². The molecule has 1 aromatic rings. The smallest absolute Gasteiger partial charge is 0.0743 e. The lowest BCUT2D eigenvalue weighted by Gasteiger charge is -2.37. The summed E-state index contributed by atoms with van der Waals surface area (Å²) in [6.45, 7) is 6.48. The fraction of sp³-hybridized carbons (Fsp3) is 0.600. The highest BCUT2D eigenvalue weighted by Gasteiger charge is 2.32. The summed E-state index contributed by atoms with van der Waals surface area (Å²) in [5.74, 6) is 0. The summed E-state index contributed by atoms with van der Waals surface area (Å²) in [7, 11) is 1.86. The van der Waals surface area contributed by atoms with E-state index in [4.69, 9.17) is 4.74 Å². The average Bonchev–Trinajstić information content (AvgIpc) is 2.34. The van der Waals surface area contributed by atoms with Crippen molar-refractivity contribution in [2.24, 2.45) is 0 Å². The van der Waals surface area contributed by atoms with E-state index >= 15 is 0 Å². The van der Waals surface area contributed by atoms with Crippen molar-refractivity contribution in [3.63, 3.8) is 0 Å². The van der Waals surface area contributed by atoms with Gasteiger partial charge in [-0.1, -0.05) is 23.8 Å². The fourth-order valence-electron chi connectivity index (χ4n) is 2.73. The number of hydrogen-bond donors (Lipinski definition) is 1. The lowest BCUT2D eigenvalue weighted by molar-refractivity contribution is -0.0334. The van der Waals surface area contributed by atoms with E-state index in [1.165, 1.54) is 16.7 Å². The fourth-order valence-corrected chi connectivity index (χ4v) is 2.73. The molecule has 0 aromatic heterocycles. The monoisotopic (exact) mass is 233 g/mol. The molecule has 2 heteroatoms. The molecule has 0 bridgehead atoms. The Bertz CT molecular complexity index is 381. The standard InChI is InChI=1S/C15H23NO/c1-12-4-5-14(13(2)10-12)11-15(17-3)6-8-16-9-7-15/h4-5,10,16H,6-9,11H2,1-3H3. The molecule has 2 rings (SSSR count). The van der Waals surface area contributed by atoms with Crippen molar-refractivity contribution < 1.29 is 4.74 Å². The molecule has 0 amide bonds. The quantitative estimate of drug-likeness (QED) is 0.866. The number of ether oxygens (including phenoxy) is 1. The van der Waals surface area contributed by atoms with Crippen LogP contribution >= 0.6 is 0 Å². The summed E-state index contributed by atoms with van der Waals surface area (Å²) in [6.07, 6.45) is 3.25. The van der Waals surface area contributed by atoms with E-state index in [0.717, 1.165) is 32.4 Å². The Hall–Kier alpha value is -0.860. The molecule has 17 heavy (non-hydrogen) atoms. The van der Waals surface area contributed by atoms with Gasteiger partial charge in [-0.3, -0.25) is 0 Å². The third kappa shape index (κ3) is 2.88. The molecule has 1 fully saturated rings. The maximum absolute atomic E-state index is 5.83. The second-order valence-electron chi connectivity index (χ2n) is 5.24. The van der Waals surface area contributed by atoms with Crippen LogP contribution in [0.4, 0.5) is 0 Å².